The number of hydrogen-bond donors (Lipinski definition) is 0. The fourth-order valence-corrected chi connectivity index (χ4v) is 3.24. The lowest BCUT2D eigenvalue weighted by atomic mass is 10.1. The lowest BCUT2D eigenvalue weighted by Crippen LogP contribution is -2.07. The fourth-order valence-electron chi connectivity index (χ4n) is 1.81. The van der Waals surface area contributed by atoms with Crippen molar-refractivity contribution in [2.45, 2.75) is 31.8 Å². The molecule has 1 aromatic rings. The van der Waals surface area contributed by atoms with Gasteiger partial charge in [0.05, 0.1) is 0 Å². The summed E-state index contributed by atoms with van der Waals surface area (Å²) in [5.74, 6) is 0. The topological polar surface area (TPSA) is 0 Å². The Hall–Kier alpha value is -0.610. The summed E-state index contributed by atoms with van der Waals surface area (Å²) in [6.45, 7) is 2.35. The zero-order valence-electron chi connectivity index (χ0n) is 8.03. The monoisotopic (exact) mass is 190 g/mol. The second-order valence-corrected chi connectivity index (χ2v) is 5.36. The van der Waals surface area contributed by atoms with Crippen LogP contribution in [0.25, 0.3) is 0 Å². The first-order chi connectivity index (χ1) is 6.36. The van der Waals surface area contributed by atoms with E-state index in [0.717, 1.165) is 5.66 Å². The molecule has 0 bridgehead atoms. The fraction of sp³-hybridized carbons (Fsp3) is 0.417. The Morgan fingerprint density at radius 1 is 1.23 bits per heavy atom. The van der Waals surface area contributed by atoms with E-state index < -0.39 is 0 Å². The van der Waals surface area contributed by atoms with E-state index in [1.165, 1.54) is 24.8 Å². The lowest BCUT2D eigenvalue weighted by molar-refractivity contribution is 0.748. The first kappa shape index (κ1) is 8.97. The van der Waals surface area contributed by atoms with Crippen molar-refractivity contribution in [1.82, 2.24) is 0 Å². The Bertz CT molecular complexity index is 300. The molecular weight excluding hydrogens is 175 g/mol. The number of benzene rings is 1. The summed E-state index contributed by atoms with van der Waals surface area (Å²) in [7, 11) is 1.56. The normalized spacial score (nSPS) is 23.8. The second-order valence-electron chi connectivity index (χ2n) is 3.68. The van der Waals surface area contributed by atoms with Gasteiger partial charge in [-0.3, -0.25) is 0 Å². The van der Waals surface area contributed by atoms with Crippen molar-refractivity contribution in [2.75, 3.05) is 0 Å². The summed E-state index contributed by atoms with van der Waals surface area (Å²) in [5, 5.41) is 1.64. The predicted molar refractivity (Wildman–Crippen MR) is 60.8 cm³/mol. The Morgan fingerprint density at radius 2 is 2.00 bits per heavy atom. The molecule has 1 heterocycles. The molecule has 1 heteroatoms. The molecule has 0 amide bonds. The van der Waals surface area contributed by atoms with Crippen LogP contribution in [0.2, 0.25) is 0 Å². The number of rotatable bonds is 1. The van der Waals surface area contributed by atoms with Crippen LogP contribution in [0, 0.1) is 0 Å². The first-order valence-corrected chi connectivity index (χ1v) is 5.95. The average molecular weight is 190 g/mol. The van der Waals surface area contributed by atoms with Crippen molar-refractivity contribution >= 4 is 13.5 Å². The Morgan fingerprint density at radius 3 is 2.69 bits per heavy atom. The molecule has 0 nitrogen and oxygen atoms in total. The molecule has 1 atom stereocenters. The summed E-state index contributed by atoms with van der Waals surface area (Å²) in [5.41, 5.74) is 2.32. The van der Waals surface area contributed by atoms with E-state index >= 15 is 0 Å². The van der Waals surface area contributed by atoms with Gasteiger partial charge >= 0.3 is 0 Å². The highest BCUT2D eigenvalue weighted by molar-refractivity contribution is 7.42. The highest BCUT2D eigenvalue weighted by atomic mass is 31.1. The molecule has 0 N–H and O–H groups in total. The highest BCUT2D eigenvalue weighted by Gasteiger charge is 2.10. The maximum atomic E-state index is 2.35. The van der Waals surface area contributed by atoms with Gasteiger partial charge in [-0.25, -0.2) is 0 Å². The Balaban J connectivity index is 2.26. The third-order valence-electron chi connectivity index (χ3n) is 2.52. The van der Waals surface area contributed by atoms with Crippen LogP contribution < -0.4 is 0 Å². The minimum Gasteiger partial charge on any atom is -0.0972 e. The van der Waals surface area contributed by atoms with Crippen molar-refractivity contribution in [3.63, 3.8) is 0 Å². The van der Waals surface area contributed by atoms with Gasteiger partial charge in [-0.05, 0) is 35.8 Å². The standard InChI is InChI=1S/C12H15P/c1-10-6-5-9-12(13-10)11-7-3-2-4-8-11/h2-4,7-8,10H,5-6,9H2,1H3. The molecule has 0 fully saturated rings. The van der Waals surface area contributed by atoms with Crippen LogP contribution in [-0.2, 0) is 0 Å². The van der Waals surface area contributed by atoms with Crippen LogP contribution in [0.4, 0.5) is 0 Å². The van der Waals surface area contributed by atoms with Gasteiger partial charge in [-0.15, -0.1) is 0 Å². The molecule has 1 aliphatic heterocycles. The molecule has 0 aliphatic carbocycles. The van der Waals surface area contributed by atoms with E-state index in [1.54, 1.807) is 13.5 Å². The van der Waals surface area contributed by atoms with Gasteiger partial charge in [0, 0.05) is 0 Å². The van der Waals surface area contributed by atoms with Crippen molar-refractivity contribution in [3.05, 3.63) is 35.9 Å². The van der Waals surface area contributed by atoms with Gasteiger partial charge in [-0.1, -0.05) is 45.5 Å². The number of hydrogen-bond acceptors (Lipinski definition) is 0. The largest absolute Gasteiger partial charge is 0.0972 e. The second kappa shape index (κ2) is 4.07. The van der Waals surface area contributed by atoms with Crippen LogP contribution in [0.3, 0.4) is 0 Å². The molecule has 0 spiro atoms. The molecule has 0 saturated heterocycles. The van der Waals surface area contributed by atoms with Crippen molar-refractivity contribution in [1.29, 1.82) is 0 Å². The summed E-state index contributed by atoms with van der Waals surface area (Å²) in [6.07, 6.45) is 4.08. The molecule has 1 aliphatic rings. The van der Waals surface area contributed by atoms with E-state index in [9.17, 15) is 0 Å². The molecule has 0 saturated carbocycles. The summed E-state index contributed by atoms with van der Waals surface area (Å²) in [6, 6.07) is 10.8. The van der Waals surface area contributed by atoms with Gasteiger partial charge in [0.25, 0.3) is 0 Å². The van der Waals surface area contributed by atoms with E-state index in [2.05, 4.69) is 37.3 Å². The lowest BCUT2D eigenvalue weighted by Gasteiger charge is -2.16. The van der Waals surface area contributed by atoms with E-state index in [4.69, 9.17) is 0 Å². The summed E-state index contributed by atoms with van der Waals surface area (Å²) < 4.78 is 0. The average Bonchev–Trinajstić information content (AvgIpc) is 2.19. The quantitative estimate of drug-likeness (QED) is 0.592. The van der Waals surface area contributed by atoms with Gasteiger partial charge in [-0.2, -0.15) is 0 Å². The van der Waals surface area contributed by atoms with E-state index in [1.807, 2.05) is 0 Å². The first-order valence-electron chi connectivity index (χ1n) is 4.98. The highest BCUT2D eigenvalue weighted by Crippen LogP contribution is 2.27. The third kappa shape index (κ3) is 2.19. The molecule has 0 radical (unpaired) electrons. The van der Waals surface area contributed by atoms with Gasteiger partial charge in [0.1, 0.15) is 0 Å². The molecule has 2 rings (SSSR count). The van der Waals surface area contributed by atoms with Crippen LogP contribution in [0.1, 0.15) is 31.7 Å². The van der Waals surface area contributed by atoms with Gasteiger partial charge < -0.3 is 0 Å². The maximum Gasteiger partial charge on any atom is -0.00167 e. The SMILES string of the molecule is CC1CCCC(c2ccccc2)=P1. The van der Waals surface area contributed by atoms with Crippen LogP contribution in [-0.4, -0.2) is 11.0 Å². The molecule has 1 aromatic carbocycles. The van der Waals surface area contributed by atoms with Crippen molar-refractivity contribution in [2.24, 2.45) is 0 Å². The van der Waals surface area contributed by atoms with Crippen LogP contribution in [0.15, 0.2) is 30.3 Å². The van der Waals surface area contributed by atoms with Gasteiger partial charge in [0.15, 0.2) is 0 Å². The zero-order chi connectivity index (χ0) is 9.10. The van der Waals surface area contributed by atoms with E-state index in [0.29, 0.717) is 0 Å². The molecule has 68 valence electrons. The van der Waals surface area contributed by atoms with Gasteiger partial charge in [0.2, 0.25) is 0 Å². The summed E-state index contributed by atoms with van der Waals surface area (Å²) in [4.78, 5) is 0. The smallest absolute Gasteiger partial charge is 0.00167 e. The third-order valence-corrected chi connectivity index (χ3v) is 4.01. The van der Waals surface area contributed by atoms with Crippen molar-refractivity contribution < 1.29 is 0 Å². The molecule has 0 aromatic heterocycles. The minimum atomic E-state index is 0.865. The maximum absolute atomic E-state index is 2.35. The Labute approximate surface area is 81.8 Å². The summed E-state index contributed by atoms with van der Waals surface area (Å²) >= 11 is 0. The van der Waals surface area contributed by atoms with E-state index in [-0.39, 0.29) is 0 Å². The molecule has 1 unspecified atom stereocenters. The predicted octanol–water partition coefficient (Wildman–Crippen LogP) is 3.73. The molecular formula is C12H15P. The van der Waals surface area contributed by atoms with Crippen molar-refractivity contribution in [3.8, 4) is 0 Å². The van der Waals surface area contributed by atoms with Crippen LogP contribution in [0.5, 0.6) is 0 Å². The zero-order valence-corrected chi connectivity index (χ0v) is 8.93. The Kier molecular flexibility index (Phi) is 2.80. The molecule has 13 heavy (non-hydrogen) atoms. The van der Waals surface area contributed by atoms with Crippen LogP contribution >= 0.6 is 8.20 Å². The minimum absolute atomic E-state index is 0.865.